The second kappa shape index (κ2) is 10.9. The molecule has 1 atom stereocenters. The molecule has 31 heavy (non-hydrogen) atoms. The van der Waals surface area contributed by atoms with E-state index in [1.165, 1.54) is 5.56 Å². The average molecular weight is 425 g/mol. The quantitative estimate of drug-likeness (QED) is 0.634. The molecule has 2 aromatic rings. The van der Waals surface area contributed by atoms with Crippen molar-refractivity contribution < 1.29 is 9.59 Å². The molecule has 0 radical (unpaired) electrons. The largest absolute Gasteiger partial charge is 0.338 e. The van der Waals surface area contributed by atoms with Gasteiger partial charge in [-0.25, -0.2) is 4.79 Å². The molecule has 3 N–H and O–H groups in total. The summed E-state index contributed by atoms with van der Waals surface area (Å²) in [6.07, 6.45) is 1.56. The Morgan fingerprint density at radius 3 is 2.71 bits per heavy atom. The maximum Gasteiger partial charge on any atom is 0.320 e. The van der Waals surface area contributed by atoms with Gasteiger partial charge < -0.3 is 15.5 Å². The highest BCUT2D eigenvalue weighted by Crippen LogP contribution is 2.19. The van der Waals surface area contributed by atoms with Crippen LogP contribution in [0.5, 0.6) is 0 Å². The number of rotatable bonds is 7. The van der Waals surface area contributed by atoms with Crippen molar-refractivity contribution in [3.8, 4) is 0 Å². The minimum Gasteiger partial charge on any atom is -0.338 e. The number of carbonyl (C=O) groups is 2. The van der Waals surface area contributed by atoms with Crippen LogP contribution in [0.1, 0.15) is 42.4 Å². The maximum atomic E-state index is 13.2. The highest BCUT2D eigenvalue weighted by atomic mass is 16.2. The summed E-state index contributed by atoms with van der Waals surface area (Å²) in [7, 11) is 0. The number of urea groups is 1. The van der Waals surface area contributed by atoms with Gasteiger partial charge in [0.1, 0.15) is 0 Å². The van der Waals surface area contributed by atoms with E-state index >= 15 is 0 Å². The molecule has 1 saturated heterocycles. The minimum atomic E-state index is -0.327. The van der Waals surface area contributed by atoms with Crippen molar-refractivity contribution in [2.45, 2.75) is 39.7 Å². The second-order valence-corrected chi connectivity index (χ2v) is 8.28. The molecule has 1 aliphatic heterocycles. The van der Waals surface area contributed by atoms with E-state index in [1.807, 2.05) is 30.0 Å². The van der Waals surface area contributed by atoms with E-state index in [2.05, 4.69) is 52.1 Å². The van der Waals surface area contributed by atoms with Crippen LogP contribution in [0, 0.1) is 5.92 Å². The summed E-state index contributed by atoms with van der Waals surface area (Å²) in [5.74, 6) is 0.622. The van der Waals surface area contributed by atoms with E-state index in [0.717, 1.165) is 18.5 Å². The van der Waals surface area contributed by atoms with Gasteiger partial charge in [-0.05, 0) is 42.9 Å². The summed E-state index contributed by atoms with van der Waals surface area (Å²) in [5.41, 5.74) is 2.38. The molecule has 8 nitrogen and oxygen atoms in total. The van der Waals surface area contributed by atoms with E-state index in [9.17, 15) is 9.59 Å². The van der Waals surface area contributed by atoms with Gasteiger partial charge in [0, 0.05) is 32.2 Å². The van der Waals surface area contributed by atoms with Crippen LogP contribution >= 0.6 is 0 Å². The predicted molar refractivity (Wildman–Crippen MR) is 121 cm³/mol. The third kappa shape index (κ3) is 6.49. The first-order valence-corrected chi connectivity index (χ1v) is 10.9. The lowest BCUT2D eigenvalue weighted by molar-refractivity contribution is 0.0695. The Hall–Kier alpha value is -3.00. The number of nitrogens with one attached hydrogen (secondary N) is 3. The smallest absolute Gasteiger partial charge is 0.320 e. The fourth-order valence-corrected chi connectivity index (χ4v) is 3.76. The van der Waals surface area contributed by atoms with Crippen LogP contribution < -0.4 is 16.0 Å². The number of carbonyl (C=O) groups excluding carboxylic acids is 2. The highest BCUT2D eigenvalue weighted by Gasteiger charge is 2.26. The summed E-state index contributed by atoms with van der Waals surface area (Å²) >= 11 is 0. The molecule has 2 heterocycles. The summed E-state index contributed by atoms with van der Waals surface area (Å²) in [6, 6.07) is 11.9. The summed E-state index contributed by atoms with van der Waals surface area (Å²) in [6.45, 7) is 8.53. The molecule has 1 aliphatic rings. The van der Waals surface area contributed by atoms with Crippen LogP contribution in [0.4, 0.5) is 10.6 Å². The Morgan fingerprint density at radius 2 is 2.00 bits per heavy atom. The van der Waals surface area contributed by atoms with Gasteiger partial charge in [-0.15, -0.1) is 10.2 Å². The third-order valence-electron chi connectivity index (χ3n) is 5.16. The molecule has 3 rings (SSSR count). The number of hydrogen-bond acceptors (Lipinski definition) is 5. The Morgan fingerprint density at radius 1 is 1.23 bits per heavy atom. The molecule has 0 bridgehead atoms. The molecule has 1 fully saturated rings. The van der Waals surface area contributed by atoms with E-state index in [1.54, 1.807) is 6.07 Å². The van der Waals surface area contributed by atoms with E-state index in [4.69, 9.17) is 0 Å². The number of amides is 3. The predicted octanol–water partition coefficient (Wildman–Crippen LogP) is 2.47. The molecule has 0 aliphatic carbocycles. The molecular weight excluding hydrogens is 392 g/mol. The van der Waals surface area contributed by atoms with Gasteiger partial charge in [0.15, 0.2) is 11.5 Å². The topological polar surface area (TPSA) is 99.2 Å². The summed E-state index contributed by atoms with van der Waals surface area (Å²) in [4.78, 5) is 26.9. The second-order valence-electron chi connectivity index (χ2n) is 8.28. The molecule has 166 valence electrons. The monoisotopic (exact) mass is 424 g/mol. The summed E-state index contributed by atoms with van der Waals surface area (Å²) in [5, 5.41) is 17.2. The lowest BCUT2D eigenvalue weighted by Crippen LogP contribution is -2.53. The Labute approximate surface area is 183 Å². The third-order valence-corrected chi connectivity index (χ3v) is 5.16. The minimum absolute atomic E-state index is 0.123. The number of benzene rings is 1. The van der Waals surface area contributed by atoms with Crippen molar-refractivity contribution >= 4 is 17.8 Å². The summed E-state index contributed by atoms with van der Waals surface area (Å²) < 4.78 is 0. The van der Waals surface area contributed by atoms with Crippen molar-refractivity contribution in [1.29, 1.82) is 0 Å². The molecule has 1 aromatic carbocycles. The van der Waals surface area contributed by atoms with Crippen LogP contribution in [0.3, 0.4) is 0 Å². The lowest BCUT2D eigenvalue weighted by atomic mass is 10.0. The van der Waals surface area contributed by atoms with E-state index < -0.39 is 0 Å². The number of hydrogen-bond donors (Lipinski definition) is 3. The van der Waals surface area contributed by atoms with Gasteiger partial charge in [-0.2, -0.15) is 0 Å². The van der Waals surface area contributed by atoms with Gasteiger partial charge in [0.25, 0.3) is 5.91 Å². The standard InChI is InChI=1S/C23H32N6O2/c1-4-24-23(31)26-21-18(12-16(2)3)14-20(27-28-21)22(30)29-11-10-25-19(15-29)13-17-8-6-5-7-9-17/h5-9,14,16,19,25H,4,10-13,15H2,1-3H3,(H2,24,26,28,31)/t19-/m0/s1. The molecule has 3 amide bonds. The molecule has 1 aromatic heterocycles. The first kappa shape index (κ1) is 22.7. The van der Waals surface area contributed by atoms with Crippen molar-refractivity contribution in [1.82, 2.24) is 25.7 Å². The fourth-order valence-electron chi connectivity index (χ4n) is 3.76. The van der Waals surface area contributed by atoms with Crippen LogP contribution in [-0.4, -0.2) is 59.3 Å². The number of nitrogens with zero attached hydrogens (tertiary/aromatic N) is 3. The number of aromatic nitrogens is 2. The van der Waals surface area contributed by atoms with Gasteiger partial charge in [-0.1, -0.05) is 44.2 Å². The van der Waals surface area contributed by atoms with Gasteiger partial charge in [0.2, 0.25) is 0 Å². The average Bonchev–Trinajstić information content (AvgIpc) is 2.75. The normalized spacial score (nSPS) is 16.3. The fraction of sp³-hybridized carbons (Fsp3) is 0.478. The van der Waals surface area contributed by atoms with Crippen molar-refractivity contribution in [3.63, 3.8) is 0 Å². The molecule has 0 unspecified atom stereocenters. The van der Waals surface area contributed by atoms with Crippen LogP contribution in [-0.2, 0) is 12.8 Å². The molecule has 8 heteroatoms. The van der Waals surface area contributed by atoms with Gasteiger partial charge in [-0.3, -0.25) is 10.1 Å². The van der Waals surface area contributed by atoms with Gasteiger partial charge >= 0.3 is 6.03 Å². The SMILES string of the molecule is CCNC(=O)Nc1nnc(C(=O)N2CCN[C@@H](Cc3ccccc3)C2)cc1CC(C)C. The van der Waals surface area contributed by atoms with Crippen LogP contribution in [0.25, 0.3) is 0 Å². The number of piperazine rings is 1. The zero-order valence-corrected chi connectivity index (χ0v) is 18.5. The van der Waals surface area contributed by atoms with Crippen molar-refractivity contribution in [3.05, 3.63) is 53.2 Å². The van der Waals surface area contributed by atoms with Crippen molar-refractivity contribution in [2.24, 2.45) is 5.92 Å². The van der Waals surface area contributed by atoms with Crippen LogP contribution in [0.15, 0.2) is 36.4 Å². The van der Waals surface area contributed by atoms with E-state index in [0.29, 0.717) is 43.5 Å². The van der Waals surface area contributed by atoms with Gasteiger partial charge in [0.05, 0.1) is 0 Å². The number of anilines is 1. The van der Waals surface area contributed by atoms with Crippen LogP contribution in [0.2, 0.25) is 0 Å². The Kier molecular flexibility index (Phi) is 7.94. The Balaban J connectivity index is 1.72. The molecule has 0 spiro atoms. The zero-order chi connectivity index (χ0) is 22.2. The molecular formula is C23H32N6O2. The van der Waals surface area contributed by atoms with Crippen molar-refractivity contribution in [2.75, 3.05) is 31.5 Å². The van der Waals surface area contributed by atoms with E-state index in [-0.39, 0.29) is 18.0 Å². The first-order valence-electron chi connectivity index (χ1n) is 10.9. The Bertz CT molecular complexity index is 887. The zero-order valence-electron chi connectivity index (χ0n) is 18.5. The molecule has 0 saturated carbocycles. The first-order chi connectivity index (χ1) is 15.0. The highest BCUT2D eigenvalue weighted by molar-refractivity contribution is 5.93. The maximum absolute atomic E-state index is 13.2. The lowest BCUT2D eigenvalue weighted by Gasteiger charge is -2.33.